The van der Waals surface area contributed by atoms with Gasteiger partial charge in [-0.25, -0.2) is 0 Å². The highest BCUT2D eigenvalue weighted by molar-refractivity contribution is 6.09. The molecule has 0 bridgehead atoms. The molecule has 3 heterocycles. The SMILES string of the molecule is c1ccc(-c2ccc(-c3nc4occn4c3-c3ccc(-n4c5ccccc5c5ccccc54)cc3)cc2)cc1. The van der Waals surface area contributed by atoms with E-state index >= 15 is 0 Å². The summed E-state index contributed by atoms with van der Waals surface area (Å²) < 4.78 is 10.1. The third-order valence-corrected chi connectivity index (χ3v) is 7.51. The Balaban J connectivity index is 1.24. The van der Waals surface area contributed by atoms with Gasteiger partial charge in [-0.1, -0.05) is 103 Å². The van der Waals surface area contributed by atoms with E-state index in [4.69, 9.17) is 9.40 Å². The number of hydrogen-bond donors (Lipinski definition) is 0. The number of hydrogen-bond acceptors (Lipinski definition) is 2. The first-order valence-corrected chi connectivity index (χ1v) is 13.1. The van der Waals surface area contributed by atoms with Crippen LogP contribution < -0.4 is 0 Å². The molecule has 8 aromatic rings. The predicted octanol–water partition coefficient (Wildman–Crippen LogP) is 9.03. The van der Waals surface area contributed by atoms with E-state index in [1.54, 1.807) is 6.26 Å². The first-order chi connectivity index (χ1) is 19.3. The lowest BCUT2D eigenvalue weighted by molar-refractivity contribution is 0.596. The van der Waals surface area contributed by atoms with Gasteiger partial charge < -0.3 is 8.98 Å². The molecule has 0 amide bonds. The molecule has 0 saturated carbocycles. The summed E-state index contributed by atoms with van der Waals surface area (Å²) in [5.41, 5.74) is 9.95. The number of fused-ring (bicyclic) bond motifs is 4. The van der Waals surface area contributed by atoms with Gasteiger partial charge in [-0.05, 0) is 35.4 Å². The zero-order valence-corrected chi connectivity index (χ0v) is 21.0. The van der Waals surface area contributed by atoms with E-state index in [0.717, 1.165) is 28.2 Å². The average Bonchev–Trinajstić information content (AvgIpc) is 3.70. The lowest BCUT2D eigenvalue weighted by atomic mass is 10.0. The molecule has 0 radical (unpaired) electrons. The molecule has 4 heteroatoms. The van der Waals surface area contributed by atoms with Crippen molar-refractivity contribution in [2.45, 2.75) is 0 Å². The van der Waals surface area contributed by atoms with Gasteiger partial charge in [-0.2, -0.15) is 4.98 Å². The van der Waals surface area contributed by atoms with Crippen LogP contribution in [-0.2, 0) is 0 Å². The Morgan fingerprint density at radius 2 is 1.08 bits per heavy atom. The van der Waals surface area contributed by atoms with E-state index in [0.29, 0.717) is 5.84 Å². The van der Waals surface area contributed by atoms with Gasteiger partial charge in [0.1, 0.15) is 12.0 Å². The number of aromatic nitrogens is 3. The standard InChI is InChI=1S/C35H23N3O/c1-2-8-24(9-3-1)25-14-16-26(17-15-25)33-34(37-22-23-39-35(37)36-33)27-18-20-28(21-19-27)38-31-12-6-4-10-29(31)30-11-5-7-13-32(30)38/h1-23H. The van der Waals surface area contributed by atoms with Crippen LogP contribution in [0.1, 0.15) is 0 Å². The molecule has 0 spiro atoms. The molecule has 4 nitrogen and oxygen atoms in total. The molecular weight excluding hydrogens is 478 g/mol. The Kier molecular flexibility index (Phi) is 4.79. The van der Waals surface area contributed by atoms with Crippen molar-refractivity contribution >= 4 is 27.6 Å². The van der Waals surface area contributed by atoms with Gasteiger partial charge >= 0.3 is 5.84 Å². The van der Waals surface area contributed by atoms with Crippen LogP contribution in [0.3, 0.4) is 0 Å². The molecular formula is C35H23N3O. The summed E-state index contributed by atoms with van der Waals surface area (Å²) in [5.74, 6) is 0.582. The quantitative estimate of drug-likeness (QED) is 0.241. The van der Waals surface area contributed by atoms with Crippen molar-refractivity contribution in [2.75, 3.05) is 0 Å². The number of nitrogens with zero attached hydrogens (tertiary/aromatic N) is 3. The third kappa shape index (κ3) is 3.42. The minimum absolute atomic E-state index is 0.582. The fourth-order valence-corrected chi connectivity index (χ4v) is 5.68. The smallest absolute Gasteiger partial charge is 0.306 e. The molecule has 8 rings (SSSR count). The first-order valence-electron chi connectivity index (χ1n) is 13.1. The molecule has 0 aliphatic heterocycles. The van der Waals surface area contributed by atoms with Crippen LogP contribution in [0, 0.1) is 0 Å². The van der Waals surface area contributed by atoms with Crippen LogP contribution in [0.4, 0.5) is 0 Å². The monoisotopic (exact) mass is 501 g/mol. The molecule has 0 fully saturated rings. The van der Waals surface area contributed by atoms with Crippen LogP contribution in [0.2, 0.25) is 0 Å². The zero-order chi connectivity index (χ0) is 25.8. The van der Waals surface area contributed by atoms with Gasteiger partial charge in [-0.3, -0.25) is 4.40 Å². The van der Waals surface area contributed by atoms with Crippen LogP contribution in [0.15, 0.2) is 144 Å². The second kappa shape index (κ2) is 8.61. The zero-order valence-electron chi connectivity index (χ0n) is 21.0. The minimum atomic E-state index is 0.582. The molecule has 0 atom stereocenters. The largest absolute Gasteiger partial charge is 0.432 e. The number of para-hydroxylation sites is 2. The molecule has 0 aliphatic carbocycles. The summed E-state index contributed by atoms with van der Waals surface area (Å²) in [6.07, 6.45) is 3.61. The molecule has 0 unspecified atom stereocenters. The topological polar surface area (TPSA) is 35.4 Å². The van der Waals surface area contributed by atoms with E-state index in [2.05, 4.69) is 126 Å². The van der Waals surface area contributed by atoms with Gasteiger partial charge in [0.05, 0.1) is 16.7 Å². The Morgan fingerprint density at radius 3 is 1.77 bits per heavy atom. The van der Waals surface area contributed by atoms with Crippen molar-refractivity contribution in [1.29, 1.82) is 0 Å². The van der Waals surface area contributed by atoms with E-state index in [9.17, 15) is 0 Å². The van der Waals surface area contributed by atoms with E-state index in [-0.39, 0.29) is 0 Å². The van der Waals surface area contributed by atoms with Crippen LogP contribution in [-0.4, -0.2) is 14.0 Å². The van der Waals surface area contributed by atoms with Crippen molar-refractivity contribution in [2.24, 2.45) is 0 Å². The van der Waals surface area contributed by atoms with Gasteiger partial charge in [0.25, 0.3) is 0 Å². The molecule has 39 heavy (non-hydrogen) atoms. The second-order valence-electron chi connectivity index (χ2n) is 9.72. The van der Waals surface area contributed by atoms with Crippen molar-refractivity contribution in [3.63, 3.8) is 0 Å². The van der Waals surface area contributed by atoms with Crippen molar-refractivity contribution in [1.82, 2.24) is 14.0 Å². The van der Waals surface area contributed by atoms with E-state index in [1.807, 2.05) is 16.7 Å². The van der Waals surface area contributed by atoms with Crippen molar-refractivity contribution in [3.05, 3.63) is 140 Å². The number of rotatable bonds is 4. The maximum atomic E-state index is 5.70. The molecule has 5 aromatic carbocycles. The lowest BCUT2D eigenvalue weighted by Crippen LogP contribution is -1.94. The van der Waals surface area contributed by atoms with Gasteiger partial charge in [0, 0.05) is 33.8 Å². The fraction of sp³-hybridized carbons (Fsp3) is 0. The highest BCUT2D eigenvalue weighted by Crippen LogP contribution is 2.36. The van der Waals surface area contributed by atoms with Crippen LogP contribution in [0.5, 0.6) is 0 Å². The Bertz CT molecular complexity index is 2040. The van der Waals surface area contributed by atoms with Crippen LogP contribution in [0.25, 0.3) is 67.0 Å². The maximum Gasteiger partial charge on any atom is 0.306 e. The molecule has 3 aromatic heterocycles. The van der Waals surface area contributed by atoms with Crippen molar-refractivity contribution in [3.8, 4) is 39.3 Å². The fourth-order valence-electron chi connectivity index (χ4n) is 5.68. The molecule has 0 N–H and O–H groups in total. The normalized spacial score (nSPS) is 11.6. The van der Waals surface area contributed by atoms with Crippen molar-refractivity contribution < 1.29 is 4.42 Å². The van der Waals surface area contributed by atoms with Gasteiger partial charge in [0.2, 0.25) is 0 Å². The third-order valence-electron chi connectivity index (χ3n) is 7.51. The Hall–Kier alpha value is -5.35. The Morgan fingerprint density at radius 1 is 0.513 bits per heavy atom. The number of oxazole rings is 1. The highest BCUT2D eigenvalue weighted by Gasteiger charge is 2.19. The summed E-state index contributed by atoms with van der Waals surface area (Å²) in [6.45, 7) is 0. The number of benzene rings is 5. The maximum absolute atomic E-state index is 5.70. The second-order valence-corrected chi connectivity index (χ2v) is 9.72. The first kappa shape index (κ1) is 21.7. The summed E-state index contributed by atoms with van der Waals surface area (Å²) in [7, 11) is 0. The molecule has 0 saturated heterocycles. The highest BCUT2D eigenvalue weighted by atomic mass is 16.3. The minimum Gasteiger partial charge on any atom is -0.432 e. The summed E-state index contributed by atoms with van der Waals surface area (Å²) >= 11 is 0. The van der Waals surface area contributed by atoms with Gasteiger partial charge in [-0.15, -0.1) is 0 Å². The molecule has 184 valence electrons. The summed E-state index contributed by atoms with van der Waals surface area (Å²) in [6, 6.07) is 44.9. The van der Waals surface area contributed by atoms with E-state index < -0.39 is 0 Å². The van der Waals surface area contributed by atoms with Gasteiger partial charge in [0.15, 0.2) is 0 Å². The molecule has 0 aliphatic rings. The lowest BCUT2D eigenvalue weighted by Gasteiger charge is -2.10. The van der Waals surface area contributed by atoms with Crippen LogP contribution >= 0.6 is 0 Å². The number of imidazole rings is 1. The predicted molar refractivity (Wildman–Crippen MR) is 158 cm³/mol. The Labute approximate surface area is 225 Å². The summed E-state index contributed by atoms with van der Waals surface area (Å²) in [4.78, 5) is 4.87. The summed E-state index contributed by atoms with van der Waals surface area (Å²) in [5, 5.41) is 2.52. The van der Waals surface area contributed by atoms with E-state index in [1.165, 1.54) is 32.9 Å². The average molecular weight is 502 g/mol.